The number of ketones is 1. The number of carboxylic acid groups (broad SMARTS) is 1. The SMILES string of the molecule is CC1CCC(=O)C1CCC(=O)O. The van der Waals surface area contributed by atoms with Crippen molar-refractivity contribution in [3.63, 3.8) is 0 Å². The first-order valence-electron chi connectivity index (χ1n) is 4.35. The fourth-order valence-corrected chi connectivity index (χ4v) is 1.80. The van der Waals surface area contributed by atoms with Crippen molar-refractivity contribution in [3.8, 4) is 0 Å². The van der Waals surface area contributed by atoms with Crippen LogP contribution in [0.4, 0.5) is 0 Å². The van der Waals surface area contributed by atoms with Gasteiger partial charge in [-0.05, 0) is 18.8 Å². The molecule has 0 aromatic rings. The average Bonchev–Trinajstić information content (AvgIpc) is 2.28. The molecule has 68 valence electrons. The zero-order valence-corrected chi connectivity index (χ0v) is 7.25. The predicted molar refractivity (Wildman–Crippen MR) is 43.8 cm³/mol. The highest BCUT2D eigenvalue weighted by Gasteiger charge is 2.31. The lowest BCUT2D eigenvalue weighted by molar-refractivity contribution is -0.137. The van der Waals surface area contributed by atoms with E-state index in [4.69, 9.17) is 5.11 Å². The molecule has 2 unspecified atom stereocenters. The Bertz CT molecular complexity index is 198. The van der Waals surface area contributed by atoms with Gasteiger partial charge in [0.15, 0.2) is 0 Å². The molecule has 0 aromatic carbocycles. The van der Waals surface area contributed by atoms with E-state index in [-0.39, 0.29) is 18.1 Å². The highest BCUT2D eigenvalue weighted by atomic mass is 16.4. The summed E-state index contributed by atoms with van der Waals surface area (Å²) in [4.78, 5) is 21.5. The largest absolute Gasteiger partial charge is 0.481 e. The molecular formula is C9H14O3. The van der Waals surface area contributed by atoms with Gasteiger partial charge in [-0.2, -0.15) is 0 Å². The van der Waals surface area contributed by atoms with Crippen molar-refractivity contribution < 1.29 is 14.7 Å². The Morgan fingerprint density at radius 3 is 2.75 bits per heavy atom. The molecule has 1 saturated carbocycles. The third-order valence-corrected chi connectivity index (χ3v) is 2.62. The summed E-state index contributed by atoms with van der Waals surface area (Å²) in [5, 5.41) is 8.44. The molecule has 0 aliphatic heterocycles. The number of carboxylic acids is 1. The van der Waals surface area contributed by atoms with Crippen molar-refractivity contribution >= 4 is 11.8 Å². The van der Waals surface area contributed by atoms with Gasteiger partial charge >= 0.3 is 5.97 Å². The van der Waals surface area contributed by atoms with Gasteiger partial charge in [-0.3, -0.25) is 9.59 Å². The normalized spacial score (nSPS) is 29.2. The number of hydrogen-bond acceptors (Lipinski definition) is 2. The first kappa shape index (κ1) is 9.23. The minimum Gasteiger partial charge on any atom is -0.481 e. The number of hydrogen-bond donors (Lipinski definition) is 1. The Morgan fingerprint density at radius 1 is 1.67 bits per heavy atom. The second kappa shape index (κ2) is 3.70. The molecule has 3 heteroatoms. The number of rotatable bonds is 3. The van der Waals surface area contributed by atoms with E-state index >= 15 is 0 Å². The summed E-state index contributed by atoms with van der Waals surface area (Å²) in [6, 6.07) is 0. The van der Waals surface area contributed by atoms with E-state index in [1.54, 1.807) is 0 Å². The summed E-state index contributed by atoms with van der Waals surface area (Å²) in [5.74, 6) is -0.149. The molecule has 3 nitrogen and oxygen atoms in total. The molecule has 1 rings (SSSR count). The van der Waals surface area contributed by atoms with Gasteiger partial charge in [-0.15, -0.1) is 0 Å². The van der Waals surface area contributed by atoms with Crippen molar-refractivity contribution in [1.29, 1.82) is 0 Å². The molecule has 2 atom stereocenters. The third-order valence-electron chi connectivity index (χ3n) is 2.62. The topological polar surface area (TPSA) is 54.4 Å². The molecule has 0 radical (unpaired) electrons. The van der Waals surface area contributed by atoms with E-state index < -0.39 is 5.97 Å². The van der Waals surface area contributed by atoms with Crippen LogP contribution in [0.5, 0.6) is 0 Å². The van der Waals surface area contributed by atoms with Crippen LogP contribution >= 0.6 is 0 Å². The number of carbonyl (C=O) groups excluding carboxylic acids is 1. The van der Waals surface area contributed by atoms with Crippen LogP contribution in [0, 0.1) is 11.8 Å². The summed E-state index contributed by atoms with van der Waals surface area (Å²) in [5.41, 5.74) is 0. The van der Waals surface area contributed by atoms with E-state index in [1.165, 1.54) is 0 Å². The Labute approximate surface area is 71.8 Å². The molecular weight excluding hydrogens is 156 g/mol. The van der Waals surface area contributed by atoms with Gasteiger partial charge in [0.25, 0.3) is 0 Å². The Hall–Kier alpha value is -0.860. The quantitative estimate of drug-likeness (QED) is 0.697. The molecule has 0 bridgehead atoms. The van der Waals surface area contributed by atoms with E-state index in [1.807, 2.05) is 6.92 Å². The van der Waals surface area contributed by atoms with E-state index in [2.05, 4.69) is 0 Å². The number of aliphatic carboxylic acids is 1. The summed E-state index contributed by atoms with van der Waals surface area (Å²) in [7, 11) is 0. The molecule has 1 fully saturated rings. The second-order valence-electron chi connectivity index (χ2n) is 3.52. The second-order valence-corrected chi connectivity index (χ2v) is 3.52. The van der Waals surface area contributed by atoms with Crippen LogP contribution in [-0.4, -0.2) is 16.9 Å². The van der Waals surface area contributed by atoms with E-state index in [0.717, 1.165) is 6.42 Å². The number of carbonyl (C=O) groups is 2. The highest BCUT2D eigenvalue weighted by molar-refractivity contribution is 5.83. The fourth-order valence-electron chi connectivity index (χ4n) is 1.80. The summed E-state index contributed by atoms with van der Waals surface area (Å²) >= 11 is 0. The summed E-state index contributed by atoms with van der Waals surface area (Å²) in [6.07, 6.45) is 2.23. The molecule has 12 heavy (non-hydrogen) atoms. The molecule has 1 aliphatic rings. The maximum absolute atomic E-state index is 11.2. The molecule has 0 aromatic heterocycles. The van der Waals surface area contributed by atoms with Crippen LogP contribution in [0.25, 0.3) is 0 Å². The maximum atomic E-state index is 11.2. The van der Waals surface area contributed by atoms with Crippen molar-refractivity contribution in [2.75, 3.05) is 0 Å². The van der Waals surface area contributed by atoms with Crippen molar-refractivity contribution in [1.82, 2.24) is 0 Å². The Balaban J connectivity index is 2.39. The van der Waals surface area contributed by atoms with E-state index in [0.29, 0.717) is 18.8 Å². The average molecular weight is 170 g/mol. The van der Waals surface area contributed by atoms with Crippen LogP contribution < -0.4 is 0 Å². The van der Waals surface area contributed by atoms with Gasteiger partial charge in [0.1, 0.15) is 5.78 Å². The van der Waals surface area contributed by atoms with Crippen LogP contribution in [0.2, 0.25) is 0 Å². The van der Waals surface area contributed by atoms with Crippen LogP contribution in [0.1, 0.15) is 32.6 Å². The fraction of sp³-hybridized carbons (Fsp3) is 0.778. The predicted octanol–water partition coefficient (Wildman–Crippen LogP) is 1.47. The molecule has 0 saturated heterocycles. The standard InChI is InChI=1S/C9H14O3/c1-6-2-4-8(10)7(6)3-5-9(11)12/h6-7H,2-5H2,1H3,(H,11,12). The lowest BCUT2D eigenvalue weighted by atomic mass is 9.93. The van der Waals surface area contributed by atoms with Crippen molar-refractivity contribution in [3.05, 3.63) is 0 Å². The molecule has 1 N–H and O–H groups in total. The van der Waals surface area contributed by atoms with Gasteiger partial charge in [-0.25, -0.2) is 0 Å². The van der Waals surface area contributed by atoms with Crippen LogP contribution in [-0.2, 0) is 9.59 Å². The van der Waals surface area contributed by atoms with Gasteiger partial charge < -0.3 is 5.11 Å². The minimum absolute atomic E-state index is 0.0149. The lowest BCUT2D eigenvalue weighted by Crippen LogP contribution is -2.14. The van der Waals surface area contributed by atoms with E-state index in [9.17, 15) is 9.59 Å². The minimum atomic E-state index is -0.804. The smallest absolute Gasteiger partial charge is 0.303 e. The van der Waals surface area contributed by atoms with Gasteiger partial charge in [0.05, 0.1) is 0 Å². The zero-order valence-electron chi connectivity index (χ0n) is 7.25. The monoisotopic (exact) mass is 170 g/mol. The molecule has 0 heterocycles. The zero-order chi connectivity index (χ0) is 9.14. The summed E-state index contributed by atoms with van der Waals surface area (Å²) in [6.45, 7) is 2.03. The van der Waals surface area contributed by atoms with Crippen molar-refractivity contribution in [2.45, 2.75) is 32.6 Å². The first-order chi connectivity index (χ1) is 5.61. The lowest BCUT2D eigenvalue weighted by Gasteiger charge is -2.11. The number of Topliss-reactive ketones (excluding diaryl/α,β-unsaturated/α-hetero) is 1. The van der Waals surface area contributed by atoms with Crippen LogP contribution in [0.3, 0.4) is 0 Å². The highest BCUT2D eigenvalue weighted by Crippen LogP contribution is 2.31. The molecule has 1 aliphatic carbocycles. The maximum Gasteiger partial charge on any atom is 0.303 e. The van der Waals surface area contributed by atoms with Crippen LogP contribution in [0.15, 0.2) is 0 Å². The Morgan fingerprint density at radius 2 is 2.33 bits per heavy atom. The molecule has 0 spiro atoms. The summed E-state index contributed by atoms with van der Waals surface area (Å²) < 4.78 is 0. The van der Waals surface area contributed by atoms with Gasteiger partial charge in [0.2, 0.25) is 0 Å². The van der Waals surface area contributed by atoms with Crippen molar-refractivity contribution in [2.24, 2.45) is 11.8 Å². The van der Waals surface area contributed by atoms with Gasteiger partial charge in [-0.1, -0.05) is 6.92 Å². The molecule has 0 amide bonds. The Kier molecular flexibility index (Phi) is 2.84. The van der Waals surface area contributed by atoms with Gasteiger partial charge in [0, 0.05) is 18.8 Å². The first-order valence-corrected chi connectivity index (χ1v) is 4.35. The third kappa shape index (κ3) is 2.06.